The molecule has 1 N–H and O–H groups in total. The highest BCUT2D eigenvalue weighted by Gasteiger charge is 2.61. The number of ether oxygens (including phenoxy) is 1. The zero-order valence-corrected chi connectivity index (χ0v) is 18.7. The van der Waals surface area contributed by atoms with Crippen LogP contribution in [0.2, 0.25) is 5.02 Å². The van der Waals surface area contributed by atoms with Crippen LogP contribution < -0.4 is 5.32 Å². The van der Waals surface area contributed by atoms with Gasteiger partial charge in [-0.1, -0.05) is 23.7 Å². The van der Waals surface area contributed by atoms with Gasteiger partial charge in [-0.25, -0.2) is 14.8 Å². The Bertz CT molecular complexity index is 1010. The number of amides is 2. The molecule has 2 aliphatic rings. The van der Waals surface area contributed by atoms with Gasteiger partial charge in [0.25, 0.3) is 0 Å². The number of aromatic nitrogens is 2. The van der Waals surface area contributed by atoms with Gasteiger partial charge in [-0.15, -0.1) is 0 Å². The highest BCUT2D eigenvalue weighted by atomic mass is 35.5. The number of hydrogen-bond acceptors (Lipinski definition) is 5. The number of nitrogens with zero attached hydrogens (tertiary/aromatic N) is 3. The number of carbonyl (C=O) groups is 2. The molecule has 8 heteroatoms. The third-order valence-corrected chi connectivity index (χ3v) is 6.10. The number of fused-ring (bicyclic) bond motifs is 2. The van der Waals surface area contributed by atoms with Crippen LogP contribution in [0.5, 0.6) is 0 Å². The first kappa shape index (κ1) is 20.8. The van der Waals surface area contributed by atoms with Crippen molar-refractivity contribution in [1.82, 2.24) is 20.2 Å². The minimum absolute atomic E-state index is 0.00682. The van der Waals surface area contributed by atoms with E-state index in [4.69, 9.17) is 16.3 Å². The third-order valence-electron chi connectivity index (χ3n) is 5.79. The topological polar surface area (TPSA) is 84.4 Å². The molecule has 3 atom stereocenters. The molecule has 1 saturated carbocycles. The maximum absolute atomic E-state index is 13.0. The molecule has 0 bridgehead atoms. The summed E-state index contributed by atoms with van der Waals surface area (Å²) in [5.74, 6) is 0.280. The van der Waals surface area contributed by atoms with Crippen LogP contribution in [0.3, 0.4) is 0 Å². The van der Waals surface area contributed by atoms with Gasteiger partial charge in [0.1, 0.15) is 11.9 Å². The van der Waals surface area contributed by atoms with Gasteiger partial charge in [0.15, 0.2) is 0 Å². The maximum atomic E-state index is 13.0. The number of hydrogen-bond donors (Lipinski definition) is 1. The van der Waals surface area contributed by atoms with Gasteiger partial charge in [0.05, 0.1) is 21.8 Å². The fourth-order valence-corrected chi connectivity index (χ4v) is 4.61. The van der Waals surface area contributed by atoms with E-state index in [9.17, 15) is 9.59 Å². The molecule has 1 aliphatic heterocycles. The molecule has 1 aromatic heterocycles. The lowest BCUT2D eigenvalue weighted by Gasteiger charge is -2.28. The molecule has 1 aromatic carbocycles. The first-order valence-corrected chi connectivity index (χ1v) is 10.6. The number of halogens is 1. The van der Waals surface area contributed by atoms with E-state index in [1.807, 2.05) is 46.8 Å². The van der Waals surface area contributed by atoms with Crippen molar-refractivity contribution in [3.05, 3.63) is 35.2 Å². The van der Waals surface area contributed by atoms with Crippen LogP contribution in [-0.2, 0) is 15.1 Å². The predicted octanol–water partition coefficient (Wildman–Crippen LogP) is 3.75. The molecule has 160 valence electrons. The van der Waals surface area contributed by atoms with E-state index >= 15 is 0 Å². The van der Waals surface area contributed by atoms with Crippen molar-refractivity contribution >= 4 is 34.5 Å². The van der Waals surface area contributed by atoms with E-state index in [0.29, 0.717) is 23.6 Å². The Balaban J connectivity index is 1.43. The summed E-state index contributed by atoms with van der Waals surface area (Å²) in [6.07, 6.45) is 1.17. The molecule has 2 amide bonds. The number of likely N-dealkylation sites (tertiary alicyclic amines) is 1. The van der Waals surface area contributed by atoms with E-state index in [-0.39, 0.29) is 29.8 Å². The molecule has 4 rings (SSSR count). The smallest absolute Gasteiger partial charge is 0.410 e. The van der Waals surface area contributed by atoms with E-state index in [0.717, 1.165) is 11.1 Å². The van der Waals surface area contributed by atoms with E-state index < -0.39 is 11.1 Å². The molecule has 0 radical (unpaired) electrons. The molecule has 2 heterocycles. The second kappa shape index (κ2) is 7.08. The van der Waals surface area contributed by atoms with Crippen LogP contribution in [-0.4, -0.2) is 45.6 Å². The number of piperidine rings is 1. The first-order valence-electron chi connectivity index (χ1n) is 10.2. The molecular weight excluding hydrogens is 404 g/mol. The molecule has 2 aromatic rings. The van der Waals surface area contributed by atoms with Gasteiger partial charge < -0.3 is 15.0 Å². The summed E-state index contributed by atoms with van der Waals surface area (Å²) in [7, 11) is 0. The fraction of sp³-hybridized carbons (Fsp3) is 0.545. The van der Waals surface area contributed by atoms with Crippen LogP contribution in [0, 0.1) is 17.8 Å². The lowest BCUT2D eigenvalue weighted by Crippen LogP contribution is -2.44. The summed E-state index contributed by atoms with van der Waals surface area (Å²) in [4.78, 5) is 35.7. The predicted molar refractivity (Wildman–Crippen MR) is 114 cm³/mol. The summed E-state index contributed by atoms with van der Waals surface area (Å²) >= 11 is 6.27. The molecule has 7 nitrogen and oxygen atoms in total. The lowest BCUT2D eigenvalue weighted by atomic mass is 9.95. The minimum Gasteiger partial charge on any atom is -0.444 e. The van der Waals surface area contributed by atoms with Crippen molar-refractivity contribution in [3.8, 4) is 0 Å². The summed E-state index contributed by atoms with van der Waals surface area (Å²) < 4.78 is 5.44. The number of para-hydroxylation sites is 1. The summed E-state index contributed by atoms with van der Waals surface area (Å²) in [6.45, 7) is 10.5. The van der Waals surface area contributed by atoms with Crippen molar-refractivity contribution in [2.75, 3.05) is 13.1 Å². The zero-order valence-electron chi connectivity index (χ0n) is 17.9. The normalized spacial score (nSPS) is 23.3. The standard InChI is InChI=1S/C22H27ClN4O3/c1-21(2,3)30-20(29)27-9-13-14(10-27)16(13)19(28)26-22(4,5)18-12-7-6-8-15(23)17(12)24-11-25-18/h6-8,11,13-14,16H,9-10H2,1-5H3,(H,26,28)/t13-,14+,16+. The quantitative estimate of drug-likeness (QED) is 0.801. The molecule has 0 spiro atoms. The molecule has 1 saturated heterocycles. The van der Waals surface area contributed by atoms with Crippen molar-refractivity contribution < 1.29 is 14.3 Å². The van der Waals surface area contributed by atoms with Crippen LogP contribution in [0.15, 0.2) is 24.5 Å². The number of carbonyl (C=O) groups excluding carboxylic acids is 2. The Morgan fingerprint density at radius 1 is 1.13 bits per heavy atom. The van der Waals surface area contributed by atoms with Gasteiger partial charge in [-0.3, -0.25) is 4.79 Å². The van der Waals surface area contributed by atoms with Gasteiger partial charge in [0.2, 0.25) is 5.91 Å². The van der Waals surface area contributed by atoms with Crippen LogP contribution in [0.1, 0.15) is 40.3 Å². The maximum Gasteiger partial charge on any atom is 0.410 e. The Labute approximate surface area is 181 Å². The average molecular weight is 431 g/mol. The zero-order chi connectivity index (χ0) is 21.8. The van der Waals surface area contributed by atoms with Crippen molar-refractivity contribution in [3.63, 3.8) is 0 Å². The summed E-state index contributed by atoms with van der Waals surface area (Å²) in [5, 5.41) is 4.52. The fourth-order valence-electron chi connectivity index (χ4n) is 4.39. The number of rotatable bonds is 3. The Morgan fingerprint density at radius 2 is 1.80 bits per heavy atom. The second-order valence-electron chi connectivity index (χ2n) is 9.71. The second-order valence-corrected chi connectivity index (χ2v) is 10.1. The Kier molecular flexibility index (Phi) is 4.92. The van der Waals surface area contributed by atoms with Gasteiger partial charge >= 0.3 is 6.09 Å². The molecule has 30 heavy (non-hydrogen) atoms. The van der Waals surface area contributed by atoms with Gasteiger partial charge in [0, 0.05) is 24.4 Å². The molecule has 2 fully saturated rings. The van der Waals surface area contributed by atoms with Gasteiger partial charge in [-0.2, -0.15) is 0 Å². The monoisotopic (exact) mass is 430 g/mol. The Hall–Kier alpha value is -2.41. The summed E-state index contributed by atoms with van der Waals surface area (Å²) in [6, 6.07) is 5.55. The molecule has 1 aliphatic carbocycles. The third kappa shape index (κ3) is 3.83. The van der Waals surface area contributed by atoms with Crippen molar-refractivity contribution in [2.24, 2.45) is 17.8 Å². The average Bonchev–Trinajstić information content (AvgIpc) is 3.14. The number of benzene rings is 1. The minimum atomic E-state index is -0.690. The van der Waals surface area contributed by atoms with Gasteiger partial charge in [-0.05, 0) is 52.5 Å². The van der Waals surface area contributed by atoms with Crippen molar-refractivity contribution in [1.29, 1.82) is 0 Å². The Morgan fingerprint density at radius 3 is 2.43 bits per heavy atom. The SMILES string of the molecule is CC(C)(C)OC(=O)N1C[C@@H]2[C@H](C1)[C@H]2C(=O)NC(C)(C)c1ncnc2c(Cl)cccc12. The van der Waals surface area contributed by atoms with Crippen LogP contribution in [0.25, 0.3) is 10.9 Å². The van der Waals surface area contributed by atoms with Crippen LogP contribution >= 0.6 is 11.6 Å². The molecular formula is C22H27ClN4O3. The van der Waals surface area contributed by atoms with Crippen molar-refractivity contribution in [2.45, 2.75) is 45.8 Å². The highest BCUT2D eigenvalue weighted by Crippen LogP contribution is 2.52. The summed E-state index contributed by atoms with van der Waals surface area (Å²) in [5.41, 5.74) is 0.186. The highest BCUT2D eigenvalue weighted by molar-refractivity contribution is 6.35. The number of nitrogens with one attached hydrogen (secondary N) is 1. The first-order chi connectivity index (χ1) is 14.0. The van der Waals surface area contributed by atoms with E-state index in [1.54, 1.807) is 11.0 Å². The molecule has 0 unspecified atom stereocenters. The lowest BCUT2D eigenvalue weighted by molar-refractivity contribution is -0.125. The van der Waals surface area contributed by atoms with E-state index in [1.165, 1.54) is 6.33 Å². The van der Waals surface area contributed by atoms with E-state index in [2.05, 4.69) is 15.3 Å². The van der Waals surface area contributed by atoms with Crippen LogP contribution in [0.4, 0.5) is 4.79 Å². The largest absolute Gasteiger partial charge is 0.444 e.